The van der Waals surface area contributed by atoms with E-state index >= 15 is 0 Å². The van der Waals surface area contributed by atoms with Gasteiger partial charge in [0.25, 0.3) is 0 Å². The number of hydrogen-bond acceptors (Lipinski definition) is 0. The van der Waals surface area contributed by atoms with Crippen LogP contribution in [-0.2, 0) is 0 Å². The van der Waals surface area contributed by atoms with Gasteiger partial charge in [-0.3, -0.25) is 0 Å². The third kappa shape index (κ3) is 12.4. The summed E-state index contributed by atoms with van der Waals surface area (Å²) in [5.41, 5.74) is 1.18. The van der Waals surface area contributed by atoms with Crippen molar-refractivity contribution in [3.05, 3.63) is 37.0 Å². The Hall–Kier alpha value is -0.780. The highest BCUT2D eigenvalue weighted by molar-refractivity contribution is 5.17. The maximum Gasteiger partial charge on any atom is -0.0287 e. The number of allylic oxidation sites excluding steroid dienone is 4. The van der Waals surface area contributed by atoms with Gasteiger partial charge in [-0.2, -0.15) is 0 Å². The first-order valence-corrected chi connectivity index (χ1v) is 3.28. The average Bonchev–Trinajstić information content (AvgIpc) is 1.85. The zero-order valence-corrected chi connectivity index (χ0v) is 6.06. The van der Waals surface area contributed by atoms with Gasteiger partial charge in [0.2, 0.25) is 0 Å². The quantitative estimate of drug-likeness (QED) is 0.528. The molecule has 0 heteroatoms. The van der Waals surface area contributed by atoms with Gasteiger partial charge in [-0.15, -0.1) is 0 Å². The smallest absolute Gasteiger partial charge is 0.0287 e. The second-order valence-corrected chi connectivity index (χ2v) is 2.00. The Labute approximate surface area is 72.3 Å². The third-order valence-corrected chi connectivity index (χ3v) is 1.04. The average molecular weight is 154 g/mol. The van der Waals surface area contributed by atoms with E-state index in [1.165, 1.54) is 12.0 Å². The lowest BCUT2D eigenvalue weighted by Crippen LogP contribution is -1.71. The van der Waals surface area contributed by atoms with Crippen molar-refractivity contribution in [2.45, 2.75) is 34.6 Å². The van der Waals surface area contributed by atoms with Gasteiger partial charge in [-0.05, 0) is 6.42 Å². The van der Waals surface area contributed by atoms with Gasteiger partial charge < -0.3 is 0 Å². The van der Waals surface area contributed by atoms with Crippen LogP contribution in [0.1, 0.15) is 34.6 Å². The summed E-state index contributed by atoms with van der Waals surface area (Å²) in [4.78, 5) is 0. The van der Waals surface area contributed by atoms with E-state index in [4.69, 9.17) is 0 Å². The van der Waals surface area contributed by atoms with Crippen LogP contribution < -0.4 is 0 Å². The minimum atomic E-state index is 0. The van der Waals surface area contributed by atoms with E-state index in [1.807, 2.05) is 12.2 Å². The molecule has 66 valence electrons. The molecule has 0 aromatic rings. The van der Waals surface area contributed by atoms with E-state index in [2.05, 4.69) is 20.1 Å². The zero-order chi connectivity index (χ0) is 7.11. The van der Waals surface area contributed by atoms with Crippen molar-refractivity contribution >= 4 is 0 Å². The molecule has 0 aromatic heterocycles. The van der Waals surface area contributed by atoms with Gasteiger partial charge in [-0.1, -0.05) is 65.2 Å². The van der Waals surface area contributed by atoms with Gasteiger partial charge >= 0.3 is 0 Å². The second kappa shape index (κ2) is 12.0. The summed E-state index contributed by atoms with van der Waals surface area (Å²) in [6.07, 6.45) is 7.93. The highest BCUT2D eigenvalue weighted by atomic mass is 13.9. The van der Waals surface area contributed by atoms with Crippen molar-refractivity contribution in [3.63, 3.8) is 0 Å². The topological polar surface area (TPSA) is 0 Å². The maximum atomic E-state index is 3.85. The summed E-state index contributed by atoms with van der Waals surface area (Å²) < 4.78 is 0. The largest absolute Gasteiger partial charge is 0.0991 e. The van der Waals surface area contributed by atoms with Crippen LogP contribution in [0.25, 0.3) is 0 Å². The van der Waals surface area contributed by atoms with Crippen molar-refractivity contribution in [1.29, 1.82) is 0 Å². The summed E-state index contributed by atoms with van der Waals surface area (Å²) in [5.74, 6) is 0. The molecule has 0 unspecified atom stereocenters. The molecule has 0 nitrogen and oxygen atoms in total. The fourth-order valence-electron chi connectivity index (χ4n) is 0.609. The fraction of sp³-hybridized carbons (Fsp3) is 0.455. The van der Waals surface area contributed by atoms with E-state index < -0.39 is 0 Å². The van der Waals surface area contributed by atoms with E-state index in [0.29, 0.717) is 0 Å². The molecule has 0 radical (unpaired) electrons. The second-order valence-electron chi connectivity index (χ2n) is 2.00. The Balaban J connectivity index is -0.000000320. The van der Waals surface area contributed by atoms with Crippen molar-refractivity contribution in [2.75, 3.05) is 0 Å². The molecule has 11 heavy (non-hydrogen) atoms. The molecule has 0 spiro atoms. The molecular weight excluding hydrogens is 132 g/mol. The van der Waals surface area contributed by atoms with Crippen LogP contribution in [0, 0.1) is 0 Å². The molecule has 0 heterocycles. The number of rotatable bonds is 4. The van der Waals surface area contributed by atoms with Gasteiger partial charge in [-0.25, -0.2) is 0 Å². The molecule has 0 aliphatic rings. The Morgan fingerprint density at radius 1 is 1.36 bits per heavy atom. The third-order valence-electron chi connectivity index (χ3n) is 1.04. The van der Waals surface area contributed by atoms with Gasteiger partial charge in [0.1, 0.15) is 0 Å². The molecule has 0 saturated carbocycles. The minimum Gasteiger partial charge on any atom is -0.0991 e. The zero-order valence-electron chi connectivity index (χ0n) is 6.06. The van der Waals surface area contributed by atoms with Crippen LogP contribution >= 0.6 is 0 Å². The lowest BCUT2D eigenvalue weighted by Gasteiger charge is -1.91. The van der Waals surface area contributed by atoms with E-state index in [9.17, 15) is 0 Å². The molecule has 0 amide bonds. The van der Waals surface area contributed by atoms with Crippen molar-refractivity contribution in [1.82, 2.24) is 0 Å². The molecule has 0 aliphatic carbocycles. The SMILES string of the molecule is C.C.C=C/C=C\C(=C)CCC. The van der Waals surface area contributed by atoms with Crippen LogP contribution in [0.4, 0.5) is 0 Å². The normalized spacial score (nSPS) is 8.09. The summed E-state index contributed by atoms with van der Waals surface area (Å²) in [6, 6.07) is 0. The first-order chi connectivity index (χ1) is 4.31. The van der Waals surface area contributed by atoms with E-state index in [-0.39, 0.29) is 14.9 Å². The van der Waals surface area contributed by atoms with Gasteiger partial charge in [0.05, 0.1) is 0 Å². The van der Waals surface area contributed by atoms with E-state index in [0.717, 1.165) is 6.42 Å². The number of hydrogen-bond donors (Lipinski definition) is 0. The fourth-order valence-corrected chi connectivity index (χ4v) is 0.609. The Morgan fingerprint density at radius 2 is 1.91 bits per heavy atom. The monoisotopic (exact) mass is 154 g/mol. The first-order valence-electron chi connectivity index (χ1n) is 3.28. The van der Waals surface area contributed by atoms with Crippen LogP contribution in [0.3, 0.4) is 0 Å². The van der Waals surface area contributed by atoms with Crippen LogP contribution in [0.2, 0.25) is 0 Å². The predicted octanol–water partition coefficient (Wildman–Crippen LogP) is 4.36. The molecule has 0 atom stereocenters. The van der Waals surface area contributed by atoms with Crippen molar-refractivity contribution in [3.8, 4) is 0 Å². The summed E-state index contributed by atoms with van der Waals surface area (Å²) >= 11 is 0. The van der Waals surface area contributed by atoms with E-state index in [1.54, 1.807) is 6.08 Å². The lowest BCUT2D eigenvalue weighted by atomic mass is 10.2. The summed E-state index contributed by atoms with van der Waals surface area (Å²) in [7, 11) is 0. The summed E-state index contributed by atoms with van der Waals surface area (Å²) in [6.45, 7) is 9.56. The Morgan fingerprint density at radius 3 is 2.27 bits per heavy atom. The molecule has 0 aromatic carbocycles. The van der Waals surface area contributed by atoms with Crippen molar-refractivity contribution in [2.24, 2.45) is 0 Å². The Bertz CT molecular complexity index is 118. The molecule has 0 rings (SSSR count). The van der Waals surface area contributed by atoms with Gasteiger partial charge in [0, 0.05) is 0 Å². The maximum absolute atomic E-state index is 3.85. The lowest BCUT2D eigenvalue weighted by molar-refractivity contribution is 0.930. The molecular formula is C11H22. The molecule has 0 fully saturated rings. The standard InChI is InChI=1S/C9H14.2CH4/c1-4-6-8-9(3)7-5-2;;/h4,6,8H,1,3,5,7H2,2H3;2*1H4/b8-6-;;. The minimum absolute atomic E-state index is 0. The van der Waals surface area contributed by atoms with Gasteiger partial charge in [0.15, 0.2) is 0 Å². The van der Waals surface area contributed by atoms with Crippen LogP contribution in [-0.4, -0.2) is 0 Å². The molecule has 0 saturated heterocycles. The first kappa shape index (κ1) is 16.7. The highest BCUT2D eigenvalue weighted by Gasteiger charge is 1.81. The van der Waals surface area contributed by atoms with Crippen LogP contribution in [0.5, 0.6) is 0 Å². The Kier molecular flexibility index (Phi) is 18.1. The highest BCUT2D eigenvalue weighted by Crippen LogP contribution is 2.02. The molecule has 0 aliphatic heterocycles. The van der Waals surface area contributed by atoms with Crippen molar-refractivity contribution < 1.29 is 0 Å². The predicted molar refractivity (Wildman–Crippen MR) is 56.8 cm³/mol. The molecule has 0 N–H and O–H groups in total. The van der Waals surface area contributed by atoms with Crippen LogP contribution in [0.15, 0.2) is 37.0 Å². The summed E-state index contributed by atoms with van der Waals surface area (Å²) in [5, 5.41) is 0. The molecule has 0 bridgehead atoms.